The number of carboxylic acids is 1. The number of carbonyl (C=O) groups excluding carboxylic acids is 1. The predicted octanol–water partition coefficient (Wildman–Crippen LogP) is 1.67. The molecule has 2 atom stereocenters. The fourth-order valence-corrected chi connectivity index (χ4v) is 2.96. The summed E-state index contributed by atoms with van der Waals surface area (Å²) in [6, 6.07) is 3.46. The van der Waals surface area contributed by atoms with E-state index in [1.807, 2.05) is 0 Å². The maximum atomic E-state index is 12.3. The minimum atomic E-state index is -5.08. The molecule has 3 rings (SSSR count). The first kappa shape index (κ1) is 20.7. The summed E-state index contributed by atoms with van der Waals surface area (Å²) in [6.07, 6.45) is -3.03. The predicted molar refractivity (Wildman–Crippen MR) is 87.7 cm³/mol. The highest BCUT2D eigenvalue weighted by Crippen LogP contribution is 2.56. The zero-order valence-electron chi connectivity index (χ0n) is 14.7. The molecule has 0 aromatic carbocycles. The third-order valence-corrected chi connectivity index (χ3v) is 4.52. The quantitative estimate of drug-likeness (QED) is 0.716. The van der Waals surface area contributed by atoms with Crippen LogP contribution in [0, 0.1) is 11.3 Å². The van der Waals surface area contributed by atoms with Crippen molar-refractivity contribution >= 4 is 17.6 Å². The number of hydrogen-bond donors (Lipinski definition) is 3. The molecule has 0 bridgehead atoms. The Bertz CT molecular complexity index is 705. The van der Waals surface area contributed by atoms with Crippen molar-refractivity contribution in [1.29, 1.82) is 0 Å². The van der Waals surface area contributed by atoms with E-state index in [1.54, 1.807) is 19.2 Å². The van der Waals surface area contributed by atoms with E-state index in [0.717, 1.165) is 25.9 Å². The summed E-state index contributed by atoms with van der Waals surface area (Å²) in [7, 11) is 3.07. The van der Waals surface area contributed by atoms with E-state index in [-0.39, 0.29) is 17.2 Å². The van der Waals surface area contributed by atoms with Gasteiger partial charge in [-0.1, -0.05) is 0 Å². The molecule has 1 aromatic rings. The first-order valence-electron chi connectivity index (χ1n) is 8.03. The molecule has 27 heavy (non-hydrogen) atoms. The fourth-order valence-electron chi connectivity index (χ4n) is 2.96. The molecular formula is C16H20F3N3O5. The molecule has 1 aliphatic carbocycles. The zero-order valence-corrected chi connectivity index (χ0v) is 14.7. The van der Waals surface area contributed by atoms with Gasteiger partial charge < -0.3 is 25.2 Å². The monoisotopic (exact) mass is 391 g/mol. The molecule has 11 heteroatoms. The highest BCUT2D eigenvalue weighted by atomic mass is 19.4. The Balaban J connectivity index is 0.000000321. The summed E-state index contributed by atoms with van der Waals surface area (Å²) in [5, 5.41) is 13.4. The van der Waals surface area contributed by atoms with Gasteiger partial charge in [-0.2, -0.15) is 18.2 Å². The smallest absolute Gasteiger partial charge is 0.481 e. The number of amides is 1. The van der Waals surface area contributed by atoms with Crippen LogP contribution in [0.25, 0.3) is 0 Å². The maximum absolute atomic E-state index is 12.3. The Morgan fingerprint density at radius 1 is 1.33 bits per heavy atom. The van der Waals surface area contributed by atoms with E-state index in [0.29, 0.717) is 17.4 Å². The Hall–Kier alpha value is -2.56. The number of rotatable bonds is 4. The van der Waals surface area contributed by atoms with Crippen LogP contribution in [0.2, 0.25) is 0 Å². The van der Waals surface area contributed by atoms with Crippen molar-refractivity contribution in [3.8, 4) is 11.8 Å². The second kappa shape index (κ2) is 7.99. The average molecular weight is 391 g/mol. The molecule has 3 N–H and O–H groups in total. The van der Waals surface area contributed by atoms with Gasteiger partial charge in [-0.15, -0.1) is 0 Å². The molecule has 1 aliphatic heterocycles. The highest BCUT2D eigenvalue weighted by Gasteiger charge is 2.59. The van der Waals surface area contributed by atoms with Gasteiger partial charge in [0, 0.05) is 18.5 Å². The second-order valence-electron chi connectivity index (χ2n) is 6.25. The van der Waals surface area contributed by atoms with Crippen LogP contribution in [0.15, 0.2) is 12.1 Å². The number of methoxy groups -OCH3 is 2. The fraction of sp³-hybridized carbons (Fsp3) is 0.562. The lowest BCUT2D eigenvalue weighted by Gasteiger charge is -2.11. The number of aliphatic carboxylic acids is 1. The summed E-state index contributed by atoms with van der Waals surface area (Å²) in [4.78, 5) is 25.4. The number of alkyl halides is 3. The first-order chi connectivity index (χ1) is 12.6. The van der Waals surface area contributed by atoms with Crippen molar-refractivity contribution in [3.63, 3.8) is 0 Å². The molecule has 1 amide bonds. The molecule has 2 aliphatic rings. The number of carboxylic acid groups (broad SMARTS) is 1. The third kappa shape index (κ3) is 5.00. The van der Waals surface area contributed by atoms with Gasteiger partial charge in [-0.05, 0) is 30.9 Å². The molecule has 8 nitrogen and oxygen atoms in total. The van der Waals surface area contributed by atoms with Crippen molar-refractivity contribution in [2.24, 2.45) is 11.3 Å². The number of anilines is 1. The van der Waals surface area contributed by atoms with E-state index in [2.05, 4.69) is 15.6 Å². The largest absolute Gasteiger partial charge is 0.490 e. The van der Waals surface area contributed by atoms with Crippen molar-refractivity contribution in [3.05, 3.63) is 12.1 Å². The molecule has 2 unspecified atom stereocenters. The molecule has 150 valence electrons. The van der Waals surface area contributed by atoms with Crippen LogP contribution in [0.5, 0.6) is 11.8 Å². The molecule has 1 aromatic heterocycles. The Morgan fingerprint density at radius 2 is 2.00 bits per heavy atom. The molecule has 2 heterocycles. The van der Waals surface area contributed by atoms with Gasteiger partial charge in [-0.25, -0.2) is 4.79 Å². The second-order valence-corrected chi connectivity index (χ2v) is 6.25. The van der Waals surface area contributed by atoms with E-state index in [9.17, 15) is 18.0 Å². The molecule has 1 spiro atoms. The average Bonchev–Trinajstić information content (AvgIpc) is 3.12. The third-order valence-electron chi connectivity index (χ3n) is 4.52. The van der Waals surface area contributed by atoms with Gasteiger partial charge in [0.25, 0.3) is 0 Å². The number of halogens is 3. The van der Waals surface area contributed by atoms with Gasteiger partial charge in [0.05, 0.1) is 14.2 Å². The van der Waals surface area contributed by atoms with Crippen LogP contribution in [-0.2, 0) is 9.59 Å². The van der Waals surface area contributed by atoms with Crippen LogP contribution in [0.1, 0.15) is 12.8 Å². The van der Waals surface area contributed by atoms with Crippen LogP contribution >= 0.6 is 0 Å². The topological polar surface area (TPSA) is 110 Å². The normalized spacial score (nSPS) is 23.2. The number of hydrogen-bond acceptors (Lipinski definition) is 6. The summed E-state index contributed by atoms with van der Waals surface area (Å²) in [5.41, 5.74) is 0.781. The van der Waals surface area contributed by atoms with E-state index >= 15 is 0 Å². The molecule has 1 saturated carbocycles. The van der Waals surface area contributed by atoms with Crippen LogP contribution in [0.4, 0.5) is 18.9 Å². The van der Waals surface area contributed by atoms with Crippen LogP contribution in [-0.4, -0.2) is 55.5 Å². The van der Waals surface area contributed by atoms with E-state index in [1.165, 1.54) is 7.11 Å². The van der Waals surface area contributed by atoms with Crippen LogP contribution in [0.3, 0.4) is 0 Å². The Labute approximate surface area is 153 Å². The maximum Gasteiger partial charge on any atom is 0.490 e. The lowest BCUT2D eigenvalue weighted by molar-refractivity contribution is -0.192. The summed E-state index contributed by atoms with van der Waals surface area (Å²) in [5.74, 6) is -1.77. The van der Waals surface area contributed by atoms with Gasteiger partial charge in [0.15, 0.2) is 0 Å². The SMILES string of the molecule is COc1ccc(NC(=O)C2CC23CCNC3)c(OC)n1.O=C(O)C(F)(F)F. The molecule has 0 radical (unpaired) electrons. The lowest BCUT2D eigenvalue weighted by Crippen LogP contribution is -2.21. The van der Waals surface area contributed by atoms with E-state index in [4.69, 9.17) is 19.4 Å². The summed E-state index contributed by atoms with van der Waals surface area (Å²) >= 11 is 0. The summed E-state index contributed by atoms with van der Waals surface area (Å²) in [6.45, 7) is 1.96. The van der Waals surface area contributed by atoms with Crippen molar-refractivity contribution in [2.45, 2.75) is 19.0 Å². The van der Waals surface area contributed by atoms with Gasteiger partial charge >= 0.3 is 12.1 Å². The van der Waals surface area contributed by atoms with Gasteiger partial charge in [-0.3, -0.25) is 4.79 Å². The number of ether oxygens (including phenoxy) is 2. The van der Waals surface area contributed by atoms with Gasteiger partial charge in [0.2, 0.25) is 17.7 Å². The number of aromatic nitrogens is 1. The van der Waals surface area contributed by atoms with Crippen molar-refractivity contribution in [2.75, 3.05) is 32.6 Å². The number of nitrogens with one attached hydrogen (secondary N) is 2. The summed E-state index contributed by atoms with van der Waals surface area (Å²) < 4.78 is 42.0. The number of nitrogens with zero attached hydrogens (tertiary/aromatic N) is 1. The highest BCUT2D eigenvalue weighted by molar-refractivity contribution is 5.96. The Morgan fingerprint density at radius 3 is 2.48 bits per heavy atom. The first-order valence-corrected chi connectivity index (χ1v) is 8.03. The van der Waals surface area contributed by atoms with Crippen LogP contribution < -0.4 is 20.1 Å². The minimum absolute atomic E-state index is 0.0546. The van der Waals surface area contributed by atoms with Crippen molar-refractivity contribution < 1.29 is 37.3 Å². The number of carbonyl (C=O) groups is 2. The minimum Gasteiger partial charge on any atom is -0.481 e. The Kier molecular flexibility index (Phi) is 6.14. The van der Waals surface area contributed by atoms with Gasteiger partial charge in [0.1, 0.15) is 5.69 Å². The standard InChI is InChI=1S/C14H19N3O3.C2HF3O2/c1-19-11-4-3-10(13(17-11)20-2)16-12(18)9-7-14(9)5-6-15-8-14;3-2(4,5)1(6)7/h3-4,9,15H,5-8H2,1-2H3,(H,16,18);(H,6,7). The molecular weight excluding hydrogens is 371 g/mol. The molecule has 2 fully saturated rings. The lowest BCUT2D eigenvalue weighted by atomic mass is 10.0. The van der Waals surface area contributed by atoms with E-state index < -0.39 is 12.1 Å². The molecule has 1 saturated heterocycles. The van der Waals surface area contributed by atoms with Crippen molar-refractivity contribution in [1.82, 2.24) is 10.3 Å². The zero-order chi connectivity index (χ0) is 20.2. The number of pyridine rings is 1.